The Labute approximate surface area is 140 Å². The molecule has 1 amide bonds. The second-order valence-electron chi connectivity index (χ2n) is 6.10. The van der Waals surface area contributed by atoms with E-state index in [2.05, 4.69) is 10.4 Å². The van der Waals surface area contributed by atoms with Crippen molar-refractivity contribution in [1.82, 2.24) is 15.1 Å². The predicted octanol–water partition coefficient (Wildman–Crippen LogP) is 2.09. The molecule has 23 heavy (non-hydrogen) atoms. The first-order valence-electron chi connectivity index (χ1n) is 7.69. The molecule has 122 valence electrons. The van der Waals surface area contributed by atoms with Crippen molar-refractivity contribution in [3.63, 3.8) is 0 Å². The fourth-order valence-corrected chi connectivity index (χ4v) is 4.02. The van der Waals surface area contributed by atoms with Gasteiger partial charge in [0.2, 0.25) is 0 Å². The highest BCUT2D eigenvalue weighted by Gasteiger charge is 2.32. The number of carbonyl (C=O) groups excluding carboxylic acids is 1. The summed E-state index contributed by atoms with van der Waals surface area (Å²) in [5.41, 5.74) is 2.78. The van der Waals surface area contributed by atoms with Gasteiger partial charge in [-0.3, -0.25) is 4.79 Å². The molecule has 6 heteroatoms. The molecule has 1 saturated heterocycles. The first-order valence-corrected chi connectivity index (χ1v) is 8.84. The number of hydrogen-bond acceptors (Lipinski definition) is 4. The van der Waals surface area contributed by atoms with Gasteiger partial charge in [-0.15, -0.1) is 0 Å². The zero-order valence-corrected chi connectivity index (χ0v) is 14.2. The van der Waals surface area contributed by atoms with Gasteiger partial charge in [-0.1, -0.05) is 0 Å². The quantitative estimate of drug-likeness (QED) is 0.900. The van der Waals surface area contributed by atoms with E-state index < -0.39 is 5.60 Å². The van der Waals surface area contributed by atoms with Crippen LogP contribution in [0.15, 0.2) is 30.3 Å². The maximum atomic E-state index is 12.2. The average Bonchev–Trinajstić information content (AvgIpc) is 3.11. The summed E-state index contributed by atoms with van der Waals surface area (Å²) in [5.74, 6) is 1.48. The number of nitrogens with one attached hydrogen (secondary N) is 1. The highest BCUT2D eigenvalue weighted by molar-refractivity contribution is 7.99. The minimum Gasteiger partial charge on any atom is -0.387 e. The third kappa shape index (κ3) is 3.59. The van der Waals surface area contributed by atoms with E-state index in [1.54, 1.807) is 23.9 Å². The van der Waals surface area contributed by atoms with Crippen LogP contribution in [-0.2, 0) is 0 Å². The van der Waals surface area contributed by atoms with Crippen LogP contribution in [0.2, 0.25) is 0 Å². The van der Waals surface area contributed by atoms with Gasteiger partial charge in [-0.2, -0.15) is 16.9 Å². The minimum absolute atomic E-state index is 0.157. The zero-order chi connectivity index (χ0) is 16.4. The number of carbonyl (C=O) groups is 1. The number of benzene rings is 1. The van der Waals surface area contributed by atoms with Crippen LogP contribution in [0.5, 0.6) is 0 Å². The molecule has 0 aliphatic carbocycles. The second-order valence-corrected chi connectivity index (χ2v) is 7.20. The molecule has 1 aromatic heterocycles. The molecule has 1 fully saturated rings. The monoisotopic (exact) mass is 331 g/mol. The number of aliphatic hydroxyl groups is 1. The third-order valence-electron chi connectivity index (χ3n) is 4.04. The van der Waals surface area contributed by atoms with Gasteiger partial charge in [-0.05, 0) is 56.4 Å². The molecule has 0 bridgehead atoms. The number of nitrogens with zero attached hydrogens (tertiary/aromatic N) is 2. The van der Waals surface area contributed by atoms with Crippen LogP contribution in [0.3, 0.4) is 0 Å². The zero-order valence-electron chi connectivity index (χ0n) is 13.4. The normalized spacial score (nSPS) is 20.7. The standard InChI is InChI=1S/C17H21N3O2S/c1-12-9-13(2)20(19-12)15-5-3-14(4-6-15)16(21)18-10-17(22)7-8-23-11-17/h3-6,9,22H,7-8,10-11H2,1-2H3,(H,18,21)/t17-/m1/s1. The summed E-state index contributed by atoms with van der Waals surface area (Å²) in [5, 5.41) is 17.5. The summed E-state index contributed by atoms with van der Waals surface area (Å²) >= 11 is 1.72. The molecule has 5 nitrogen and oxygen atoms in total. The maximum absolute atomic E-state index is 12.2. The Kier molecular flexibility index (Phi) is 4.46. The smallest absolute Gasteiger partial charge is 0.251 e. The SMILES string of the molecule is Cc1cc(C)n(-c2ccc(C(=O)NC[C@]3(O)CCSC3)cc2)n1. The van der Waals surface area contributed by atoms with Crippen molar-refractivity contribution in [3.05, 3.63) is 47.3 Å². The molecule has 0 radical (unpaired) electrons. The van der Waals surface area contributed by atoms with Gasteiger partial charge in [0.25, 0.3) is 5.91 Å². The lowest BCUT2D eigenvalue weighted by molar-refractivity contribution is 0.0612. The van der Waals surface area contributed by atoms with Crippen molar-refractivity contribution in [2.75, 3.05) is 18.1 Å². The molecule has 1 atom stereocenters. The van der Waals surface area contributed by atoms with Crippen LogP contribution in [0.1, 0.15) is 28.2 Å². The summed E-state index contributed by atoms with van der Waals surface area (Å²) in [4.78, 5) is 12.2. The van der Waals surface area contributed by atoms with Crippen molar-refractivity contribution in [3.8, 4) is 5.69 Å². The first kappa shape index (κ1) is 16.1. The summed E-state index contributed by atoms with van der Waals surface area (Å²) in [6.45, 7) is 4.26. The Hall–Kier alpha value is -1.79. The Morgan fingerprint density at radius 1 is 1.39 bits per heavy atom. The lowest BCUT2D eigenvalue weighted by Crippen LogP contribution is -2.42. The summed E-state index contributed by atoms with van der Waals surface area (Å²) in [6.07, 6.45) is 0.731. The van der Waals surface area contributed by atoms with Gasteiger partial charge in [0.1, 0.15) is 0 Å². The molecular weight excluding hydrogens is 310 g/mol. The van der Waals surface area contributed by atoms with Gasteiger partial charge in [0, 0.05) is 23.6 Å². The molecule has 2 N–H and O–H groups in total. The maximum Gasteiger partial charge on any atom is 0.251 e. The molecule has 0 saturated carbocycles. The number of hydrogen-bond donors (Lipinski definition) is 2. The lowest BCUT2D eigenvalue weighted by atomic mass is 10.0. The van der Waals surface area contributed by atoms with E-state index in [9.17, 15) is 9.90 Å². The second kappa shape index (κ2) is 6.37. The fourth-order valence-electron chi connectivity index (χ4n) is 2.73. The number of amides is 1. The van der Waals surface area contributed by atoms with E-state index in [0.29, 0.717) is 17.9 Å². The Bertz CT molecular complexity index is 703. The molecule has 1 aliphatic rings. The van der Waals surface area contributed by atoms with Crippen molar-refractivity contribution >= 4 is 17.7 Å². The van der Waals surface area contributed by atoms with Crippen molar-refractivity contribution in [2.45, 2.75) is 25.9 Å². The van der Waals surface area contributed by atoms with Crippen molar-refractivity contribution in [2.24, 2.45) is 0 Å². The molecule has 2 heterocycles. The molecular formula is C17H21N3O2S. The Morgan fingerprint density at radius 2 is 2.13 bits per heavy atom. The first-order chi connectivity index (χ1) is 11.0. The Morgan fingerprint density at radius 3 is 2.70 bits per heavy atom. The topological polar surface area (TPSA) is 67.2 Å². The van der Waals surface area contributed by atoms with E-state index in [1.165, 1.54) is 0 Å². The van der Waals surface area contributed by atoms with Gasteiger partial charge >= 0.3 is 0 Å². The van der Waals surface area contributed by atoms with E-state index in [4.69, 9.17) is 0 Å². The van der Waals surface area contributed by atoms with Gasteiger partial charge < -0.3 is 10.4 Å². The number of aryl methyl sites for hydroxylation is 2. The largest absolute Gasteiger partial charge is 0.387 e. The highest BCUT2D eigenvalue weighted by atomic mass is 32.2. The van der Waals surface area contributed by atoms with Crippen LogP contribution in [-0.4, -0.2) is 44.4 Å². The minimum atomic E-state index is -0.760. The number of aromatic nitrogens is 2. The van der Waals surface area contributed by atoms with Crippen LogP contribution in [0, 0.1) is 13.8 Å². The van der Waals surface area contributed by atoms with E-state index in [0.717, 1.165) is 29.2 Å². The molecule has 2 aromatic rings. The summed E-state index contributed by atoms with van der Waals surface area (Å²) in [7, 11) is 0. The van der Waals surface area contributed by atoms with Gasteiger partial charge in [-0.25, -0.2) is 4.68 Å². The van der Waals surface area contributed by atoms with E-state index in [-0.39, 0.29) is 5.91 Å². The fraction of sp³-hybridized carbons (Fsp3) is 0.412. The van der Waals surface area contributed by atoms with Crippen molar-refractivity contribution < 1.29 is 9.90 Å². The Balaban J connectivity index is 1.67. The molecule has 0 unspecified atom stereocenters. The van der Waals surface area contributed by atoms with Crippen LogP contribution < -0.4 is 5.32 Å². The van der Waals surface area contributed by atoms with Crippen LogP contribution in [0.4, 0.5) is 0 Å². The van der Waals surface area contributed by atoms with E-state index in [1.807, 2.05) is 36.7 Å². The van der Waals surface area contributed by atoms with Crippen molar-refractivity contribution in [1.29, 1.82) is 0 Å². The molecule has 1 aliphatic heterocycles. The lowest BCUT2D eigenvalue weighted by Gasteiger charge is -2.21. The average molecular weight is 331 g/mol. The highest BCUT2D eigenvalue weighted by Crippen LogP contribution is 2.27. The predicted molar refractivity (Wildman–Crippen MR) is 92.3 cm³/mol. The van der Waals surface area contributed by atoms with Crippen LogP contribution >= 0.6 is 11.8 Å². The molecule has 1 aromatic carbocycles. The van der Waals surface area contributed by atoms with Gasteiger partial charge in [0.05, 0.1) is 17.0 Å². The molecule has 3 rings (SSSR count). The number of thioether (sulfide) groups is 1. The molecule has 0 spiro atoms. The third-order valence-corrected chi connectivity index (χ3v) is 5.28. The van der Waals surface area contributed by atoms with E-state index >= 15 is 0 Å². The van der Waals surface area contributed by atoms with Crippen LogP contribution in [0.25, 0.3) is 5.69 Å². The summed E-state index contributed by atoms with van der Waals surface area (Å²) in [6, 6.07) is 9.35. The van der Waals surface area contributed by atoms with Gasteiger partial charge in [0.15, 0.2) is 0 Å². The summed E-state index contributed by atoms with van der Waals surface area (Å²) < 4.78 is 1.86. The number of rotatable bonds is 4.